The van der Waals surface area contributed by atoms with Crippen molar-refractivity contribution in [2.24, 2.45) is 0 Å². The van der Waals surface area contributed by atoms with E-state index in [1.807, 2.05) is 54.0 Å². The number of aromatic nitrogens is 2. The Hall–Kier alpha value is -3.93. The predicted molar refractivity (Wildman–Crippen MR) is 112 cm³/mol. The summed E-state index contributed by atoms with van der Waals surface area (Å²) >= 11 is 0. The van der Waals surface area contributed by atoms with Crippen molar-refractivity contribution in [3.63, 3.8) is 0 Å². The lowest BCUT2D eigenvalue weighted by molar-refractivity contribution is -0.147. The van der Waals surface area contributed by atoms with Crippen LogP contribution >= 0.6 is 0 Å². The van der Waals surface area contributed by atoms with Crippen molar-refractivity contribution >= 4 is 17.4 Å². The Balaban J connectivity index is 1.29. The molecule has 0 atom stereocenters. The molecule has 0 N–H and O–H groups in total. The molecule has 0 saturated carbocycles. The van der Waals surface area contributed by atoms with E-state index in [1.165, 1.54) is 0 Å². The second kappa shape index (κ2) is 8.61. The van der Waals surface area contributed by atoms with Gasteiger partial charge in [0.05, 0.1) is 5.69 Å². The van der Waals surface area contributed by atoms with Gasteiger partial charge in [-0.1, -0.05) is 36.4 Å². The normalized spacial score (nSPS) is 10.7. The van der Waals surface area contributed by atoms with Gasteiger partial charge in [-0.3, -0.25) is 4.79 Å². The lowest BCUT2D eigenvalue weighted by Crippen LogP contribution is -2.15. The average Bonchev–Trinajstić information content (AvgIpc) is 3.21. The van der Waals surface area contributed by atoms with Gasteiger partial charge >= 0.3 is 5.97 Å². The topological polar surface area (TPSA) is 69.9 Å². The molecule has 0 saturated heterocycles. The number of hydrogen-bond donors (Lipinski definition) is 0. The van der Waals surface area contributed by atoms with Crippen LogP contribution in [0.2, 0.25) is 0 Å². The molecule has 0 amide bonds. The number of rotatable bonds is 7. The van der Waals surface area contributed by atoms with E-state index in [0.29, 0.717) is 22.6 Å². The minimum Gasteiger partial charge on any atom is -0.482 e. The Bertz CT molecular complexity index is 1180. The van der Waals surface area contributed by atoms with E-state index in [-0.39, 0.29) is 19.0 Å². The van der Waals surface area contributed by atoms with Gasteiger partial charge in [0, 0.05) is 23.5 Å². The average molecular weight is 400 g/mol. The summed E-state index contributed by atoms with van der Waals surface area (Å²) in [5.41, 5.74) is 3.73. The maximum atomic E-state index is 12.4. The Morgan fingerprint density at radius 1 is 0.933 bits per heavy atom. The fraction of sp³-hybridized carbons (Fsp3) is 0.125. The highest BCUT2D eigenvalue weighted by Crippen LogP contribution is 2.16. The van der Waals surface area contributed by atoms with Gasteiger partial charge in [-0.05, 0) is 42.8 Å². The third-order valence-corrected chi connectivity index (χ3v) is 4.62. The number of esters is 1. The van der Waals surface area contributed by atoms with Crippen molar-refractivity contribution in [3.8, 4) is 5.75 Å². The number of nitrogens with zero attached hydrogens (tertiary/aromatic N) is 2. The highest BCUT2D eigenvalue weighted by Gasteiger charge is 2.10. The SMILES string of the molecule is Cc1cccn2cc(COC(=O)COc3ccc(C(=O)c4ccccc4)cc3)nc12. The first-order valence-electron chi connectivity index (χ1n) is 9.51. The zero-order valence-corrected chi connectivity index (χ0v) is 16.4. The molecule has 0 spiro atoms. The van der Waals surface area contributed by atoms with E-state index < -0.39 is 5.97 Å². The molecule has 2 heterocycles. The number of carbonyl (C=O) groups is 2. The van der Waals surface area contributed by atoms with Crippen LogP contribution in [-0.2, 0) is 16.1 Å². The molecule has 0 radical (unpaired) electrons. The van der Waals surface area contributed by atoms with Crippen molar-refractivity contribution in [2.45, 2.75) is 13.5 Å². The van der Waals surface area contributed by atoms with Gasteiger partial charge in [0.1, 0.15) is 18.0 Å². The number of imidazole rings is 1. The standard InChI is InChI=1S/C24H20N2O4/c1-17-6-5-13-26-14-20(25-24(17)26)15-30-22(27)16-29-21-11-9-19(10-12-21)23(28)18-7-3-2-4-8-18/h2-14H,15-16H2,1H3. The van der Waals surface area contributed by atoms with Crippen molar-refractivity contribution in [1.29, 1.82) is 0 Å². The van der Waals surface area contributed by atoms with Crippen LogP contribution in [0.4, 0.5) is 0 Å². The first kappa shape index (κ1) is 19.4. The van der Waals surface area contributed by atoms with E-state index in [0.717, 1.165) is 11.2 Å². The highest BCUT2D eigenvalue weighted by atomic mass is 16.6. The summed E-state index contributed by atoms with van der Waals surface area (Å²) < 4.78 is 12.6. The summed E-state index contributed by atoms with van der Waals surface area (Å²) in [6.45, 7) is 1.83. The lowest BCUT2D eigenvalue weighted by atomic mass is 10.0. The molecular formula is C24H20N2O4. The third-order valence-electron chi connectivity index (χ3n) is 4.62. The molecule has 0 fully saturated rings. The molecule has 0 unspecified atom stereocenters. The van der Waals surface area contributed by atoms with Gasteiger partial charge < -0.3 is 13.9 Å². The minimum atomic E-state index is -0.492. The van der Waals surface area contributed by atoms with Crippen molar-refractivity contribution in [1.82, 2.24) is 9.38 Å². The maximum absolute atomic E-state index is 12.4. The summed E-state index contributed by atoms with van der Waals surface area (Å²) in [4.78, 5) is 28.9. The van der Waals surface area contributed by atoms with Crippen molar-refractivity contribution < 1.29 is 19.1 Å². The first-order valence-corrected chi connectivity index (χ1v) is 9.51. The fourth-order valence-electron chi connectivity index (χ4n) is 3.07. The van der Waals surface area contributed by atoms with Gasteiger partial charge in [0.2, 0.25) is 0 Å². The number of ether oxygens (including phenoxy) is 2. The molecule has 6 nitrogen and oxygen atoms in total. The maximum Gasteiger partial charge on any atom is 0.344 e. The van der Waals surface area contributed by atoms with Crippen LogP contribution in [0.25, 0.3) is 5.65 Å². The summed E-state index contributed by atoms with van der Waals surface area (Å²) in [7, 11) is 0. The summed E-state index contributed by atoms with van der Waals surface area (Å²) in [6, 6.07) is 19.6. The first-order chi connectivity index (χ1) is 14.6. The van der Waals surface area contributed by atoms with E-state index in [1.54, 1.807) is 36.4 Å². The number of ketones is 1. The van der Waals surface area contributed by atoms with E-state index in [2.05, 4.69) is 4.98 Å². The van der Waals surface area contributed by atoms with Crippen LogP contribution in [0.5, 0.6) is 5.75 Å². The van der Waals surface area contributed by atoms with Crippen LogP contribution in [0.3, 0.4) is 0 Å². The van der Waals surface area contributed by atoms with E-state index in [9.17, 15) is 9.59 Å². The predicted octanol–water partition coefficient (Wildman–Crippen LogP) is 4.00. The molecule has 30 heavy (non-hydrogen) atoms. The number of benzene rings is 2. The molecule has 6 heteroatoms. The van der Waals surface area contributed by atoms with Gasteiger partial charge in [-0.15, -0.1) is 0 Å². The molecule has 0 aliphatic rings. The van der Waals surface area contributed by atoms with Gasteiger partial charge in [0.25, 0.3) is 0 Å². The second-order valence-corrected chi connectivity index (χ2v) is 6.82. The highest BCUT2D eigenvalue weighted by molar-refractivity contribution is 6.08. The summed E-state index contributed by atoms with van der Waals surface area (Å²) in [5.74, 6) is -0.0719. The molecule has 0 bridgehead atoms. The molecular weight excluding hydrogens is 380 g/mol. The number of fused-ring (bicyclic) bond motifs is 1. The zero-order valence-electron chi connectivity index (χ0n) is 16.4. The number of aryl methyl sites for hydroxylation is 1. The number of carbonyl (C=O) groups excluding carboxylic acids is 2. The van der Waals surface area contributed by atoms with Crippen LogP contribution in [0.15, 0.2) is 79.1 Å². The smallest absolute Gasteiger partial charge is 0.344 e. The molecule has 4 rings (SSSR count). The van der Waals surface area contributed by atoms with Crippen LogP contribution in [0.1, 0.15) is 27.2 Å². The Morgan fingerprint density at radius 3 is 2.40 bits per heavy atom. The lowest BCUT2D eigenvalue weighted by Gasteiger charge is -2.07. The quantitative estimate of drug-likeness (QED) is 0.346. The Labute approximate surface area is 173 Å². The molecule has 0 aliphatic carbocycles. The summed E-state index contributed by atoms with van der Waals surface area (Å²) in [5, 5.41) is 0. The minimum absolute atomic E-state index is 0.0655. The Kier molecular flexibility index (Phi) is 5.57. The Morgan fingerprint density at radius 2 is 1.67 bits per heavy atom. The largest absolute Gasteiger partial charge is 0.482 e. The molecule has 150 valence electrons. The number of hydrogen-bond acceptors (Lipinski definition) is 5. The monoisotopic (exact) mass is 400 g/mol. The molecule has 4 aromatic rings. The summed E-state index contributed by atoms with van der Waals surface area (Å²) in [6.07, 6.45) is 3.73. The van der Waals surface area contributed by atoms with Crippen LogP contribution < -0.4 is 4.74 Å². The molecule has 2 aromatic heterocycles. The van der Waals surface area contributed by atoms with E-state index in [4.69, 9.17) is 9.47 Å². The van der Waals surface area contributed by atoms with Gasteiger partial charge in [-0.2, -0.15) is 0 Å². The zero-order chi connectivity index (χ0) is 20.9. The molecule has 0 aliphatic heterocycles. The third kappa shape index (κ3) is 4.38. The fourth-order valence-corrected chi connectivity index (χ4v) is 3.07. The van der Waals surface area contributed by atoms with Crippen molar-refractivity contribution in [2.75, 3.05) is 6.61 Å². The van der Waals surface area contributed by atoms with Gasteiger partial charge in [0.15, 0.2) is 12.4 Å². The van der Waals surface area contributed by atoms with Crippen LogP contribution in [0, 0.1) is 6.92 Å². The van der Waals surface area contributed by atoms with Crippen molar-refractivity contribution in [3.05, 3.63) is 102 Å². The number of pyridine rings is 1. The van der Waals surface area contributed by atoms with E-state index >= 15 is 0 Å². The van der Waals surface area contributed by atoms with Gasteiger partial charge in [-0.25, -0.2) is 9.78 Å². The molecule has 2 aromatic carbocycles. The second-order valence-electron chi connectivity index (χ2n) is 6.82. The van der Waals surface area contributed by atoms with Crippen LogP contribution in [-0.4, -0.2) is 27.7 Å².